The van der Waals surface area contributed by atoms with Gasteiger partial charge in [-0.15, -0.1) is 0 Å². The molecule has 0 aromatic heterocycles. The Balaban J connectivity index is 2.44. The molecule has 0 saturated carbocycles. The van der Waals surface area contributed by atoms with Crippen LogP contribution in [0.15, 0.2) is 24.3 Å². The van der Waals surface area contributed by atoms with Gasteiger partial charge in [0.1, 0.15) is 0 Å². The SMILES string of the molecule is C[C@H](CC(=O)NC(C)(C)CO)Cc1ccc(Cl)cc1. The number of carbonyl (C=O) groups excluding carboxylic acids is 1. The summed E-state index contributed by atoms with van der Waals surface area (Å²) in [5.41, 5.74) is 0.614. The van der Waals surface area contributed by atoms with Crippen LogP contribution in [0.2, 0.25) is 5.02 Å². The van der Waals surface area contributed by atoms with E-state index in [-0.39, 0.29) is 18.4 Å². The van der Waals surface area contributed by atoms with E-state index < -0.39 is 5.54 Å². The average molecular weight is 284 g/mol. The van der Waals surface area contributed by atoms with Crippen LogP contribution in [-0.4, -0.2) is 23.2 Å². The van der Waals surface area contributed by atoms with Crippen molar-refractivity contribution < 1.29 is 9.90 Å². The van der Waals surface area contributed by atoms with Gasteiger partial charge in [-0.1, -0.05) is 30.7 Å². The van der Waals surface area contributed by atoms with Crippen LogP contribution in [0.3, 0.4) is 0 Å². The fourth-order valence-electron chi connectivity index (χ4n) is 1.88. The Morgan fingerprint density at radius 2 is 1.95 bits per heavy atom. The van der Waals surface area contributed by atoms with E-state index in [4.69, 9.17) is 16.7 Å². The predicted octanol–water partition coefficient (Wildman–Crippen LogP) is 2.80. The van der Waals surface area contributed by atoms with Crippen molar-refractivity contribution in [2.75, 3.05) is 6.61 Å². The Labute approximate surface area is 120 Å². The summed E-state index contributed by atoms with van der Waals surface area (Å²) in [6.07, 6.45) is 1.29. The van der Waals surface area contributed by atoms with Gasteiger partial charge in [0.25, 0.3) is 0 Å². The van der Waals surface area contributed by atoms with E-state index in [0.29, 0.717) is 6.42 Å². The molecule has 0 spiro atoms. The van der Waals surface area contributed by atoms with Crippen LogP contribution < -0.4 is 5.32 Å². The number of halogens is 1. The van der Waals surface area contributed by atoms with E-state index in [1.807, 2.05) is 31.2 Å². The first kappa shape index (κ1) is 16.0. The number of nitrogens with one attached hydrogen (secondary N) is 1. The van der Waals surface area contributed by atoms with E-state index in [0.717, 1.165) is 11.4 Å². The highest BCUT2D eigenvalue weighted by Crippen LogP contribution is 2.15. The molecule has 1 rings (SSSR count). The summed E-state index contributed by atoms with van der Waals surface area (Å²) in [5, 5.41) is 12.7. The molecule has 0 aliphatic carbocycles. The number of hydrogen-bond acceptors (Lipinski definition) is 2. The number of rotatable bonds is 6. The molecule has 4 heteroatoms. The first-order valence-electron chi connectivity index (χ1n) is 6.49. The smallest absolute Gasteiger partial charge is 0.220 e. The summed E-state index contributed by atoms with van der Waals surface area (Å²) in [6, 6.07) is 7.68. The zero-order valence-electron chi connectivity index (χ0n) is 11.7. The van der Waals surface area contributed by atoms with Crippen molar-refractivity contribution in [2.24, 2.45) is 5.92 Å². The van der Waals surface area contributed by atoms with Crippen LogP contribution in [0.25, 0.3) is 0 Å². The maximum Gasteiger partial charge on any atom is 0.220 e. The Morgan fingerprint density at radius 1 is 1.37 bits per heavy atom. The second kappa shape index (κ2) is 6.92. The fraction of sp³-hybridized carbons (Fsp3) is 0.533. The lowest BCUT2D eigenvalue weighted by Gasteiger charge is -2.24. The molecule has 1 amide bonds. The number of amides is 1. The molecule has 2 N–H and O–H groups in total. The van der Waals surface area contributed by atoms with E-state index >= 15 is 0 Å². The second-order valence-corrected chi connectivity index (χ2v) is 6.17. The summed E-state index contributed by atoms with van der Waals surface area (Å²) in [7, 11) is 0. The van der Waals surface area contributed by atoms with Gasteiger partial charge < -0.3 is 10.4 Å². The Bertz CT molecular complexity index is 415. The summed E-state index contributed by atoms with van der Waals surface area (Å²) >= 11 is 5.83. The zero-order valence-corrected chi connectivity index (χ0v) is 12.5. The van der Waals surface area contributed by atoms with Crippen molar-refractivity contribution >= 4 is 17.5 Å². The Morgan fingerprint density at radius 3 is 2.47 bits per heavy atom. The van der Waals surface area contributed by atoms with Crippen LogP contribution in [0.5, 0.6) is 0 Å². The normalized spacial score (nSPS) is 13.1. The highest BCUT2D eigenvalue weighted by atomic mass is 35.5. The average Bonchev–Trinajstić information content (AvgIpc) is 2.31. The highest BCUT2D eigenvalue weighted by molar-refractivity contribution is 6.30. The molecule has 0 saturated heterocycles. The lowest BCUT2D eigenvalue weighted by atomic mass is 9.97. The third-order valence-corrected chi connectivity index (χ3v) is 3.16. The molecule has 0 bridgehead atoms. The number of aliphatic hydroxyl groups is 1. The topological polar surface area (TPSA) is 49.3 Å². The molecule has 106 valence electrons. The monoisotopic (exact) mass is 283 g/mol. The van der Waals surface area contributed by atoms with Gasteiger partial charge in [0.05, 0.1) is 12.1 Å². The molecule has 1 aromatic carbocycles. The van der Waals surface area contributed by atoms with Gasteiger partial charge in [-0.2, -0.15) is 0 Å². The number of hydrogen-bond donors (Lipinski definition) is 2. The standard InChI is InChI=1S/C15H22ClNO2/c1-11(8-12-4-6-13(16)7-5-12)9-14(19)17-15(2,3)10-18/h4-7,11,18H,8-10H2,1-3H3,(H,17,19)/t11-/m0/s1. The van der Waals surface area contributed by atoms with Crippen LogP contribution >= 0.6 is 11.6 Å². The zero-order chi connectivity index (χ0) is 14.5. The summed E-state index contributed by atoms with van der Waals surface area (Å²) in [6.45, 7) is 5.58. The van der Waals surface area contributed by atoms with Gasteiger partial charge in [-0.05, 0) is 43.9 Å². The van der Waals surface area contributed by atoms with Crippen LogP contribution in [-0.2, 0) is 11.2 Å². The molecule has 0 heterocycles. The summed E-state index contributed by atoms with van der Waals surface area (Å²) in [4.78, 5) is 11.8. The van der Waals surface area contributed by atoms with Crippen molar-refractivity contribution in [1.82, 2.24) is 5.32 Å². The third kappa shape index (κ3) is 6.08. The minimum Gasteiger partial charge on any atom is -0.394 e. The largest absolute Gasteiger partial charge is 0.394 e. The fourth-order valence-corrected chi connectivity index (χ4v) is 2.01. The molecule has 0 fully saturated rings. The van der Waals surface area contributed by atoms with E-state index in [9.17, 15) is 4.79 Å². The molecule has 19 heavy (non-hydrogen) atoms. The first-order chi connectivity index (χ1) is 8.82. The van der Waals surface area contributed by atoms with Crippen LogP contribution in [0.1, 0.15) is 32.8 Å². The lowest BCUT2D eigenvalue weighted by Crippen LogP contribution is -2.46. The third-order valence-electron chi connectivity index (χ3n) is 2.90. The molecule has 1 atom stereocenters. The molecule has 1 aromatic rings. The summed E-state index contributed by atoms with van der Waals surface area (Å²) < 4.78 is 0. The van der Waals surface area contributed by atoms with Crippen molar-refractivity contribution in [3.63, 3.8) is 0 Å². The second-order valence-electron chi connectivity index (χ2n) is 5.73. The summed E-state index contributed by atoms with van der Waals surface area (Å²) in [5.74, 6) is 0.219. The molecular weight excluding hydrogens is 262 g/mol. The van der Waals surface area contributed by atoms with Crippen molar-refractivity contribution in [3.8, 4) is 0 Å². The molecule has 0 aliphatic heterocycles. The van der Waals surface area contributed by atoms with Crippen molar-refractivity contribution in [3.05, 3.63) is 34.9 Å². The molecule has 0 unspecified atom stereocenters. The minimum atomic E-state index is -0.558. The molecule has 3 nitrogen and oxygen atoms in total. The van der Waals surface area contributed by atoms with E-state index in [1.54, 1.807) is 13.8 Å². The van der Waals surface area contributed by atoms with Crippen LogP contribution in [0, 0.1) is 5.92 Å². The maximum atomic E-state index is 11.8. The van der Waals surface area contributed by atoms with E-state index in [1.165, 1.54) is 5.56 Å². The number of aliphatic hydroxyl groups excluding tert-OH is 1. The van der Waals surface area contributed by atoms with Gasteiger partial charge in [0, 0.05) is 11.4 Å². The number of carbonyl (C=O) groups is 1. The highest BCUT2D eigenvalue weighted by Gasteiger charge is 2.20. The molecular formula is C15H22ClNO2. The number of benzene rings is 1. The minimum absolute atomic E-state index is 0.0273. The predicted molar refractivity (Wildman–Crippen MR) is 78.2 cm³/mol. The Hall–Kier alpha value is -1.06. The van der Waals surface area contributed by atoms with Gasteiger partial charge in [-0.3, -0.25) is 4.79 Å². The van der Waals surface area contributed by atoms with Gasteiger partial charge in [0.2, 0.25) is 5.91 Å². The van der Waals surface area contributed by atoms with Crippen molar-refractivity contribution in [1.29, 1.82) is 0 Å². The lowest BCUT2D eigenvalue weighted by molar-refractivity contribution is -0.124. The molecule has 0 radical (unpaired) electrons. The quantitative estimate of drug-likeness (QED) is 0.843. The van der Waals surface area contributed by atoms with Gasteiger partial charge in [-0.25, -0.2) is 0 Å². The van der Waals surface area contributed by atoms with Crippen molar-refractivity contribution in [2.45, 2.75) is 39.2 Å². The van der Waals surface area contributed by atoms with Crippen LogP contribution in [0.4, 0.5) is 0 Å². The first-order valence-corrected chi connectivity index (χ1v) is 6.86. The molecule has 0 aliphatic rings. The maximum absolute atomic E-state index is 11.8. The van der Waals surface area contributed by atoms with Gasteiger partial charge in [0.15, 0.2) is 0 Å². The van der Waals surface area contributed by atoms with Gasteiger partial charge >= 0.3 is 0 Å². The Kier molecular flexibility index (Phi) is 5.83. The van der Waals surface area contributed by atoms with E-state index in [2.05, 4.69) is 5.32 Å².